The summed E-state index contributed by atoms with van der Waals surface area (Å²) in [6, 6.07) is 7.90. The molecule has 1 aromatic carbocycles. The summed E-state index contributed by atoms with van der Waals surface area (Å²) in [5.74, 6) is -0.125. The first kappa shape index (κ1) is 18.4. The van der Waals surface area contributed by atoms with E-state index in [-0.39, 0.29) is 11.8 Å². The highest BCUT2D eigenvalue weighted by molar-refractivity contribution is 5.96. The summed E-state index contributed by atoms with van der Waals surface area (Å²) >= 11 is 0. The van der Waals surface area contributed by atoms with Crippen molar-refractivity contribution >= 4 is 11.8 Å². The van der Waals surface area contributed by atoms with Crippen molar-refractivity contribution in [3.8, 4) is 0 Å². The highest BCUT2D eigenvalue weighted by atomic mass is 16.5. The van der Waals surface area contributed by atoms with Gasteiger partial charge in [0.15, 0.2) is 5.78 Å². The molecule has 0 radical (unpaired) electrons. The van der Waals surface area contributed by atoms with E-state index in [0.29, 0.717) is 25.9 Å². The van der Waals surface area contributed by atoms with Crippen molar-refractivity contribution in [3.05, 3.63) is 35.4 Å². The maximum Gasteiger partial charge on any atom is 0.305 e. The van der Waals surface area contributed by atoms with Crippen LogP contribution in [0.15, 0.2) is 24.3 Å². The van der Waals surface area contributed by atoms with E-state index >= 15 is 0 Å². The van der Waals surface area contributed by atoms with Gasteiger partial charge in [-0.2, -0.15) is 0 Å². The number of ether oxygens (including phenoxy) is 1. The van der Waals surface area contributed by atoms with Gasteiger partial charge in [0.25, 0.3) is 0 Å². The van der Waals surface area contributed by atoms with Crippen molar-refractivity contribution in [1.82, 2.24) is 0 Å². The molecule has 0 aliphatic carbocycles. The summed E-state index contributed by atoms with van der Waals surface area (Å²) in [7, 11) is 0. The molecule has 0 fully saturated rings. The van der Waals surface area contributed by atoms with Crippen LogP contribution in [0.2, 0.25) is 0 Å². The standard InChI is InChI=1S/C19H28O3/c1-3-5-6-7-9-16-12-14-17(15-13-16)18(20)10-8-11-19(21)22-4-2/h12-15H,3-11H2,1-2H3. The Morgan fingerprint density at radius 2 is 1.64 bits per heavy atom. The second-order valence-electron chi connectivity index (χ2n) is 5.59. The fourth-order valence-corrected chi connectivity index (χ4v) is 2.38. The number of Topliss-reactive ketones (excluding diaryl/α,β-unsaturated/α-hetero) is 1. The number of esters is 1. The second-order valence-corrected chi connectivity index (χ2v) is 5.59. The molecular weight excluding hydrogens is 276 g/mol. The number of hydrogen-bond acceptors (Lipinski definition) is 3. The van der Waals surface area contributed by atoms with E-state index in [1.165, 1.54) is 31.2 Å². The zero-order valence-corrected chi connectivity index (χ0v) is 13.9. The third-order valence-corrected chi connectivity index (χ3v) is 3.68. The molecule has 0 unspecified atom stereocenters. The number of ketones is 1. The minimum Gasteiger partial charge on any atom is -0.466 e. The van der Waals surface area contributed by atoms with Crippen LogP contribution in [0.4, 0.5) is 0 Å². The van der Waals surface area contributed by atoms with Gasteiger partial charge < -0.3 is 4.74 Å². The average molecular weight is 304 g/mol. The fourth-order valence-electron chi connectivity index (χ4n) is 2.38. The number of carbonyl (C=O) groups is 2. The van der Waals surface area contributed by atoms with Crippen LogP contribution in [0.1, 0.15) is 74.7 Å². The van der Waals surface area contributed by atoms with Crippen LogP contribution in [0.25, 0.3) is 0 Å². The van der Waals surface area contributed by atoms with E-state index in [2.05, 4.69) is 6.92 Å². The highest BCUT2D eigenvalue weighted by Gasteiger charge is 2.08. The first-order chi connectivity index (χ1) is 10.7. The molecule has 1 rings (SSSR count). The minimum atomic E-state index is -0.224. The van der Waals surface area contributed by atoms with Crippen molar-refractivity contribution in [1.29, 1.82) is 0 Å². The molecule has 0 spiro atoms. The summed E-state index contributed by atoms with van der Waals surface area (Å²) < 4.78 is 4.85. The number of carbonyl (C=O) groups excluding carboxylic acids is 2. The Bertz CT molecular complexity index is 448. The molecule has 3 heteroatoms. The molecule has 122 valence electrons. The Morgan fingerprint density at radius 3 is 2.27 bits per heavy atom. The second kappa shape index (κ2) is 11.0. The van der Waals surface area contributed by atoms with Gasteiger partial charge in [0, 0.05) is 18.4 Å². The molecule has 22 heavy (non-hydrogen) atoms. The fraction of sp³-hybridized carbons (Fsp3) is 0.579. The number of unbranched alkanes of at least 4 members (excludes halogenated alkanes) is 3. The number of rotatable bonds is 11. The summed E-state index contributed by atoms with van der Waals surface area (Å²) in [6.45, 7) is 4.39. The molecule has 0 aliphatic heterocycles. The molecule has 0 atom stereocenters. The van der Waals surface area contributed by atoms with Gasteiger partial charge in [-0.1, -0.05) is 50.5 Å². The maximum atomic E-state index is 12.0. The van der Waals surface area contributed by atoms with E-state index in [1.54, 1.807) is 6.92 Å². The summed E-state index contributed by atoms with van der Waals surface area (Å²) in [5.41, 5.74) is 2.03. The van der Waals surface area contributed by atoms with Crippen LogP contribution in [0, 0.1) is 0 Å². The van der Waals surface area contributed by atoms with Crippen LogP contribution >= 0.6 is 0 Å². The Balaban J connectivity index is 2.32. The lowest BCUT2D eigenvalue weighted by Crippen LogP contribution is -2.06. The topological polar surface area (TPSA) is 43.4 Å². The molecule has 0 amide bonds. The Kier molecular flexibility index (Phi) is 9.20. The van der Waals surface area contributed by atoms with Gasteiger partial charge in [0.05, 0.1) is 6.61 Å². The van der Waals surface area contributed by atoms with Gasteiger partial charge in [-0.05, 0) is 31.7 Å². The highest BCUT2D eigenvalue weighted by Crippen LogP contribution is 2.12. The van der Waals surface area contributed by atoms with Crippen molar-refractivity contribution < 1.29 is 14.3 Å². The van der Waals surface area contributed by atoms with Crippen molar-refractivity contribution in [2.45, 2.75) is 65.2 Å². The van der Waals surface area contributed by atoms with Gasteiger partial charge in [-0.15, -0.1) is 0 Å². The molecule has 0 bridgehead atoms. The van der Waals surface area contributed by atoms with Gasteiger partial charge >= 0.3 is 5.97 Å². The summed E-state index contributed by atoms with van der Waals surface area (Å²) in [5, 5.41) is 0. The van der Waals surface area contributed by atoms with E-state index < -0.39 is 0 Å². The number of hydrogen-bond donors (Lipinski definition) is 0. The van der Waals surface area contributed by atoms with Crippen molar-refractivity contribution in [2.24, 2.45) is 0 Å². The van der Waals surface area contributed by atoms with Crippen molar-refractivity contribution in [3.63, 3.8) is 0 Å². The zero-order valence-electron chi connectivity index (χ0n) is 13.9. The van der Waals surface area contributed by atoms with Crippen LogP contribution in [0.3, 0.4) is 0 Å². The van der Waals surface area contributed by atoms with Gasteiger partial charge in [0.1, 0.15) is 0 Å². The first-order valence-corrected chi connectivity index (χ1v) is 8.45. The van der Waals surface area contributed by atoms with Crippen molar-refractivity contribution in [2.75, 3.05) is 6.61 Å². The predicted molar refractivity (Wildman–Crippen MR) is 89.1 cm³/mol. The monoisotopic (exact) mass is 304 g/mol. The maximum absolute atomic E-state index is 12.0. The number of benzene rings is 1. The Morgan fingerprint density at radius 1 is 0.909 bits per heavy atom. The zero-order chi connectivity index (χ0) is 16.2. The molecule has 0 aliphatic rings. The van der Waals surface area contributed by atoms with Crippen LogP contribution in [0.5, 0.6) is 0 Å². The largest absolute Gasteiger partial charge is 0.466 e. The molecular formula is C19H28O3. The summed E-state index contributed by atoms with van der Waals surface area (Å²) in [4.78, 5) is 23.3. The minimum absolute atomic E-state index is 0.0989. The Hall–Kier alpha value is -1.64. The lowest BCUT2D eigenvalue weighted by molar-refractivity contribution is -0.143. The first-order valence-electron chi connectivity index (χ1n) is 8.45. The van der Waals surface area contributed by atoms with Crippen LogP contribution < -0.4 is 0 Å². The molecule has 0 aromatic heterocycles. The molecule has 3 nitrogen and oxygen atoms in total. The Labute approximate surface area is 134 Å². The average Bonchev–Trinajstić information content (AvgIpc) is 2.52. The normalized spacial score (nSPS) is 10.5. The molecule has 0 saturated heterocycles. The van der Waals surface area contributed by atoms with E-state index in [4.69, 9.17) is 4.74 Å². The smallest absolute Gasteiger partial charge is 0.305 e. The lowest BCUT2D eigenvalue weighted by Gasteiger charge is -2.04. The quantitative estimate of drug-likeness (QED) is 0.337. The van der Waals surface area contributed by atoms with E-state index in [1.807, 2.05) is 24.3 Å². The third kappa shape index (κ3) is 7.39. The molecule has 1 aromatic rings. The molecule has 0 heterocycles. The van der Waals surface area contributed by atoms with Gasteiger partial charge in [-0.3, -0.25) is 9.59 Å². The van der Waals surface area contributed by atoms with Gasteiger partial charge in [0.2, 0.25) is 0 Å². The summed E-state index contributed by atoms with van der Waals surface area (Å²) in [6.07, 6.45) is 7.36. The third-order valence-electron chi connectivity index (χ3n) is 3.68. The lowest BCUT2D eigenvalue weighted by atomic mass is 10.0. The van der Waals surface area contributed by atoms with E-state index in [0.717, 1.165) is 12.0 Å². The molecule has 0 N–H and O–H groups in total. The predicted octanol–water partition coefficient (Wildman–Crippen LogP) is 4.73. The van der Waals surface area contributed by atoms with Crippen LogP contribution in [-0.4, -0.2) is 18.4 Å². The number of aryl methyl sites for hydroxylation is 1. The van der Waals surface area contributed by atoms with Gasteiger partial charge in [-0.25, -0.2) is 0 Å². The molecule has 0 saturated carbocycles. The van der Waals surface area contributed by atoms with E-state index in [9.17, 15) is 9.59 Å². The van der Waals surface area contributed by atoms with Crippen LogP contribution in [-0.2, 0) is 16.0 Å². The SMILES string of the molecule is CCCCCCc1ccc(C(=O)CCCC(=O)OCC)cc1.